The number of carbonyl (C=O) groups is 1. The lowest BCUT2D eigenvalue weighted by Gasteiger charge is -2.38. The Labute approximate surface area is 117 Å². The average Bonchev–Trinajstić information content (AvgIpc) is 2.80. The van der Waals surface area contributed by atoms with Crippen LogP contribution in [0.15, 0.2) is 18.2 Å². The number of aliphatic hydroxyl groups excluding tert-OH is 1. The number of rotatable bonds is 2. The van der Waals surface area contributed by atoms with Crippen molar-refractivity contribution in [1.82, 2.24) is 5.32 Å². The van der Waals surface area contributed by atoms with Gasteiger partial charge in [-0.2, -0.15) is 0 Å². The molecule has 2 aliphatic rings. The lowest BCUT2D eigenvalue weighted by molar-refractivity contribution is -0.122. The maximum atomic E-state index is 11.8. The third-order valence-corrected chi connectivity index (χ3v) is 4.52. The van der Waals surface area contributed by atoms with Crippen LogP contribution in [0.2, 0.25) is 5.02 Å². The van der Waals surface area contributed by atoms with Crippen LogP contribution in [0.25, 0.3) is 0 Å². The highest BCUT2D eigenvalue weighted by atomic mass is 35.5. The van der Waals surface area contributed by atoms with Crippen molar-refractivity contribution in [2.24, 2.45) is 5.92 Å². The molecule has 5 heteroatoms. The highest BCUT2D eigenvalue weighted by Gasteiger charge is 2.41. The first kappa shape index (κ1) is 12.8. The molecular formula is C14H17ClN2O2. The predicted molar refractivity (Wildman–Crippen MR) is 74.2 cm³/mol. The van der Waals surface area contributed by atoms with Gasteiger partial charge in [-0.3, -0.25) is 4.79 Å². The maximum absolute atomic E-state index is 11.8. The van der Waals surface area contributed by atoms with Crippen molar-refractivity contribution < 1.29 is 9.90 Å². The summed E-state index contributed by atoms with van der Waals surface area (Å²) in [6.45, 7) is 1.51. The van der Waals surface area contributed by atoms with Crippen molar-refractivity contribution in [2.45, 2.75) is 25.5 Å². The van der Waals surface area contributed by atoms with Crippen LogP contribution in [0.1, 0.15) is 18.4 Å². The first-order valence-electron chi connectivity index (χ1n) is 6.65. The number of nitrogens with one attached hydrogen (secondary N) is 1. The molecule has 0 aliphatic carbocycles. The number of halogens is 1. The Hall–Kier alpha value is -1.26. The number of piperidine rings is 1. The highest BCUT2D eigenvalue weighted by Crippen LogP contribution is 2.35. The van der Waals surface area contributed by atoms with Crippen LogP contribution in [0.4, 0.5) is 5.69 Å². The molecule has 3 rings (SSSR count). The number of hydrogen-bond donors (Lipinski definition) is 2. The molecule has 2 aliphatic heterocycles. The number of fused-ring (bicyclic) bond motifs is 1. The lowest BCUT2D eigenvalue weighted by Crippen LogP contribution is -2.46. The molecule has 0 aromatic heterocycles. The SMILES string of the molecule is O=C1NCC2C1CCCN2c1cccc(Cl)c1CO. The van der Waals surface area contributed by atoms with Gasteiger partial charge in [-0.05, 0) is 25.0 Å². The maximum Gasteiger partial charge on any atom is 0.225 e. The van der Waals surface area contributed by atoms with E-state index in [2.05, 4.69) is 10.2 Å². The molecule has 0 radical (unpaired) electrons. The fraction of sp³-hybridized carbons (Fsp3) is 0.500. The minimum atomic E-state index is -0.0791. The standard InChI is InChI=1S/C14H17ClN2O2/c15-11-4-1-5-12(10(11)8-18)17-6-2-3-9-13(17)7-16-14(9)19/h1,4-5,9,13,18H,2-3,6-8H2,(H,16,19). The zero-order valence-corrected chi connectivity index (χ0v) is 11.4. The summed E-state index contributed by atoms with van der Waals surface area (Å²) in [6, 6.07) is 5.84. The second-order valence-electron chi connectivity index (χ2n) is 5.15. The number of benzene rings is 1. The molecule has 1 amide bonds. The number of carbonyl (C=O) groups excluding carboxylic acids is 1. The fourth-order valence-corrected chi connectivity index (χ4v) is 3.45. The molecule has 2 N–H and O–H groups in total. The molecule has 2 fully saturated rings. The predicted octanol–water partition coefficient (Wildman–Crippen LogP) is 1.55. The fourth-order valence-electron chi connectivity index (χ4n) is 3.22. The van der Waals surface area contributed by atoms with E-state index >= 15 is 0 Å². The molecule has 4 nitrogen and oxygen atoms in total. The monoisotopic (exact) mass is 280 g/mol. The molecule has 2 atom stereocenters. The summed E-state index contributed by atoms with van der Waals surface area (Å²) in [5.74, 6) is 0.224. The van der Waals surface area contributed by atoms with Gasteiger partial charge < -0.3 is 15.3 Å². The van der Waals surface area contributed by atoms with Crippen molar-refractivity contribution in [3.05, 3.63) is 28.8 Å². The first-order valence-corrected chi connectivity index (χ1v) is 7.02. The van der Waals surface area contributed by atoms with E-state index in [1.165, 1.54) is 0 Å². The smallest absolute Gasteiger partial charge is 0.225 e. The Morgan fingerprint density at radius 3 is 3.11 bits per heavy atom. The molecule has 0 spiro atoms. The van der Waals surface area contributed by atoms with Crippen LogP contribution in [0.3, 0.4) is 0 Å². The summed E-state index contributed by atoms with van der Waals surface area (Å²) >= 11 is 6.15. The number of aliphatic hydroxyl groups is 1. The average molecular weight is 281 g/mol. The second kappa shape index (κ2) is 5.02. The molecular weight excluding hydrogens is 264 g/mol. The van der Waals surface area contributed by atoms with Crippen LogP contribution < -0.4 is 10.2 Å². The topological polar surface area (TPSA) is 52.6 Å². The minimum absolute atomic E-state index is 0.0688. The molecule has 2 saturated heterocycles. The van der Waals surface area contributed by atoms with Crippen molar-refractivity contribution in [3.63, 3.8) is 0 Å². The van der Waals surface area contributed by atoms with Crippen LogP contribution in [-0.4, -0.2) is 30.1 Å². The Balaban J connectivity index is 1.97. The van der Waals surface area contributed by atoms with Gasteiger partial charge in [0.1, 0.15) is 0 Å². The molecule has 2 heterocycles. The molecule has 1 aromatic rings. The van der Waals surface area contributed by atoms with Crippen LogP contribution in [0.5, 0.6) is 0 Å². The third-order valence-electron chi connectivity index (χ3n) is 4.16. The van der Waals surface area contributed by atoms with Gasteiger partial charge in [0, 0.05) is 29.4 Å². The van der Waals surface area contributed by atoms with Gasteiger partial charge in [0.25, 0.3) is 0 Å². The third kappa shape index (κ3) is 2.09. The minimum Gasteiger partial charge on any atom is -0.392 e. The summed E-state index contributed by atoms with van der Waals surface area (Å²) in [5.41, 5.74) is 1.71. The van der Waals surface area contributed by atoms with E-state index in [1.807, 2.05) is 12.1 Å². The molecule has 2 unspecified atom stereocenters. The normalized spacial score (nSPS) is 26.2. The Morgan fingerprint density at radius 2 is 2.32 bits per heavy atom. The van der Waals surface area contributed by atoms with E-state index < -0.39 is 0 Å². The summed E-state index contributed by atoms with van der Waals surface area (Å²) in [4.78, 5) is 14.0. The van der Waals surface area contributed by atoms with E-state index in [1.54, 1.807) is 6.07 Å². The second-order valence-corrected chi connectivity index (χ2v) is 5.56. The Kier molecular flexibility index (Phi) is 3.37. The Morgan fingerprint density at radius 1 is 1.47 bits per heavy atom. The van der Waals surface area contributed by atoms with E-state index in [0.29, 0.717) is 11.6 Å². The number of anilines is 1. The summed E-state index contributed by atoms with van der Waals surface area (Å²) in [7, 11) is 0. The number of hydrogen-bond acceptors (Lipinski definition) is 3. The van der Waals surface area contributed by atoms with Crippen molar-refractivity contribution in [2.75, 3.05) is 18.0 Å². The lowest BCUT2D eigenvalue weighted by atomic mass is 9.90. The van der Waals surface area contributed by atoms with Crippen LogP contribution >= 0.6 is 11.6 Å². The number of nitrogens with zero attached hydrogens (tertiary/aromatic N) is 1. The Bertz CT molecular complexity index is 506. The van der Waals surface area contributed by atoms with Gasteiger partial charge in [0.15, 0.2) is 0 Å². The quantitative estimate of drug-likeness (QED) is 0.864. The van der Waals surface area contributed by atoms with Gasteiger partial charge in [-0.25, -0.2) is 0 Å². The van der Waals surface area contributed by atoms with Crippen LogP contribution in [-0.2, 0) is 11.4 Å². The summed E-state index contributed by atoms with van der Waals surface area (Å²) < 4.78 is 0. The van der Waals surface area contributed by atoms with E-state index in [0.717, 1.165) is 30.6 Å². The van der Waals surface area contributed by atoms with Gasteiger partial charge in [-0.15, -0.1) is 0 Å². The van der Waals surface area contributed by atoms with Crippen molar-refractivity contribution in [3.8, 4) is 0 Å². The summed E-state index contributed by atoms with van der Waals surface area (Å²) in [5, 5.41) is 13.0. The van der Waals surface area contributed by atoms with E-state index in [-0.39, 0.29) is 24.5 Å². The number of amides is 1. The first-order chi connectivity index (χ1) is 9.22. The molecule has 102 valence electrons. The highest BCUT2D eigenvalue weighted by molar-refractivity contribution is 6.31. The zero-order chi connectivity index (χ0) is 13.4. The zero-order valence-electron chi connectivity index (χ0n) is 10.6. The van der Waals surface area contributed by atoms with Gasteiger partial charge in [-0.1, -0.05) is 17.7 Å². The van der Waals surface area contributed by atoms with Gasteiger partial charge in [0.05, 0.1) is 18.6 Å². The van der Waals surface area contributed by atoms with E-state index in [9.17, 15) is 9.90 Å². The van der Waals surface area contributed by atoms with Crippen molar-refractivity contribution in [1.29, 1.82) is 0 Å². The van der Waals surface area contributed by atoms with Gasteiger partial charge in [0.2, 0.25) is 5.91 Å². The van der Waals surface area contributed by atoms with E-state index in [4.69, 9.17) is 11.6 Å². The summed E-state index contributed by atoms with van der Waals surface area (Å²) in [6.07, 6.45) is 1.94. The molecule has 0 saturated carbocycles. The van der Waals surface area contributed by atoms with Crippen molar-refractivity contribution >= 4 is 23.2 Å². The molecule has 0 bridgehead atoms. The van der Waals surface area contributed by atoms with Gasteiger partial charge >= 0.3 is 0 Å². The largest absolute Gasteiger partial charge is 0.392 e. The molecule has 1 aromatic carbocycles. The molecule has 19 heavy (non-hydrogen) atoms. The van der Waals surface area contributed by atoms with Crippen LogP contribution in [0, 0.1) is 5.92 Å².